The highest BCUT2D eigenvalue weighted by Crippen LogP contribution is 2.54. The molecule has 1 amide bonds. The molecule has 3 aromatic carbocycles. The normalized spacial score (nSPS) is 12.8. The minimum Gasteiger partial charge on any atom is -0.497 e. The molecule has 0 aliphatic heterocycles. The van der Waals surface area contributed by atoms with Gasteiger partial charge in [0.15, 0.2) is 5.66 Å². The quantitative estimate of drug-likeness (QED) is 0.419. The minimum absolute atomic E-state index is 0.102. The van der Waals surface area contributed by atoms with Crippen LogP contribution in [0.15, 0.2) is 71.3 Å². The number of hydrogen-bond donors (Lipinski definition) is 3. The molecule has 0 aliphatic carbocycles. The van der Waals surface area contributed by atoms with Gasteiger partial charge in [-0.2, -0.15) is 0 Å². The lowest BCUT2D eigenvalue weighted by Gasteiger charge is -2.17. The van der Waals surface area contributed by atoms with Gasteiger partial charge in [0, 0.05) is 16.6 Å². The number of carbonyl (C=O) groups excluding carboxylic acids is 1. The maximum Gasteiger partial charge on any atom is 0.342 e. The first-order valence-electron chi connectivity index (χ1n) is 8.77. The predicted octanol–water partition coefficient (Wildman–Crippen LogP) is 4.45. The molecule has 0 bridgehead atoms. The summed E-state index contributed by atoms with van der Waals surface area (Å²) in [7, 11) is -3.37. The van der Waals surface area contributed by atoms with Gasteiger partial charge in [0.2, 0.25) is 5.91 Å². The zero-order valence-electron chi connectivity index (χ0n) is 15.4. The van der Waals surface area contributed by atoms with Gasteiger partial charge in [-0.1, -0.05) is 30.3 Å². The van der Waals surface area contributed by atoms with E-state index in [-0.39, 0.29) is 5.56 Å². The molecule has 0 radical (unpaired) electrons. The van der Waals surface area contributed by atoms with Gasteiger partial charge in [-0.25, -0.2) is 0 Å². The molecule has 1 atom stereocenters. The Morgan fingerprint density at radius 2 is 1.83 bits per heavy atom. The molecule has 0 saturated heterocycles. The van der Waals surface area contributed by atoms with E-state index in [1.165, 1.54) is 13.4 Å². The number of fused-ring (bicyclic) bond motifs is 2. The third kappa shape index (κ3) is 3.76. The predicted molar refractivity (Wildman–Crippen MR) is 110 cm³/mol. The first-order valence-corrected chi connectivity index (χ1v) is 10.4. The summed E-state index contributed by atoms with van der Waals surface area (Å²) in [6.45, 7) is 0. The van der Waals surface area contributed by atoms with Crippen molar-refractivity contribution in [3.05, 3.63) is 72.5 Å². The third-order valence-corrected chi connectivity index (χ3v) is 5.89. The van der Waals surface area contributed by atoms with Gasteiger partial charge in [0.1, 0.15) is 11.3 Å². The molecule has 4 aromatic rings. The molecule has 0 spiro atoms. The summed E-state index contributed by atoms with van der Waals surface area (Å²) in [5.41, 5.74) is -0.775. The van der Waals surface area contributed by atoms with E-state index in [9.17, 15) is 19.1 Å². The second kappa shape index (κ2) is 7.37. The highest BCUT2D eigenvalue weighted by Gasteiger charge is 2.39. The molecular formula is C21H18NO6P. The average Bonchev–Trinajstić information content (AvgIpc) is 3.09. The number of carbonyl (C=O) groups is 1. The first kappa shape index (κ1) is 19.2. The van der Waals surface area contributed by atoms with E-state index < -0.39 is 19.2 Å². The van der Waals surface area contributed by atoms with Crippen LogP contribution >= 0.6 is 7.60 Å². The number of anilines is 1. The van der Waals surface area contributed by atoms with Crippen molar-refractivity contribution in [1.82, 2.24) is 0 Å². The molecular weight excluding hydrogens is 393 g/mol. The Morgan fingerprint density at radius 1 is 1.07 bits per heavy atom. The highest BCUT2D eigenvalue weighted by atomic mass is 31.2. The Bertz CT molecular complexity index is 1260. The molecule has 8 heteroatoms. The standard InChI is InChI=1S/C21H18NO6P/c1-27-16-8-9-19-17(11-16)18(12-28-19)20(29(24,25)26)21(23)22-15-7-6-13-4-2-3-5-14(13)10-15/h2-12,20H,1H3,(H,22,23)(H2,24,25,26). The number of ether oxygens (including phenoxy) is 1. The maximum atomic E-state index is 12.9. The van der Waals surface area contributed by atoms with Gasteiger partial charge in [0.25, 0.3) is 0 Å². The van der Waals surface area contributed by atoms with Crippen molar-refractivity contribution in [1.29, 1.82) is 0 Å². The Labute approximate surface area is 166 Å². The average molecular weight is 411 g/mol. The van der Waals surface area contributed by atoms with Crippen LogP contribution in [0.25, 0.3) is 21.7 Å². The van der Waals surface area contributed by atoms with Gasteiger partial charge >= 0.3 is 7.60 Å². The number of benzene rings is 3. The van der Waals surface area contributed by atoms with Crippen molar-refractivity contribution in [3.63, 3.8) is 0 Å². The van der Waals surface area contributed by atoms with Crippen LogP contribution in [0, 0.1) is 0 Å². The van der Waals surface area contributed by atoms with E-state index in [1.807, 2.05) is 30.3 Å². The Hall–Kier alpha value is -3.12. The molecule has 0 fully saturated rings. The second-order valence-electron chi connectivity index (χ2n) is 6.60. The number of nitrogens with one attached hydrogen (secondary N) is 1. The molecule has 1 heterocycles. The number of rotatable bonds is 5. The van der Waals surface area contributed by atoms with Crippen LogP contribution in [0.5, 0.6) is 5.75 Å². The van der Waals surface area contributed by atoms with Crippen molar-refractivity contribution >= 4 is 40.9 Å². The van der Waals surface area contributed by atoms with E-state index >= 15 is 0 Å². The van der Waals surface area contributed by atoms with Gasteiger partial charge < -0.3 is 24.3 Å². The molecule has 148 valence electrons. The number of hydrogen-bond acceptors (Lipinski definition) is 4. The topological polar surface area (TPSA) is 109 Å². The number of methoxy groups -OCH3 is 1. The lowest BCUT2D eigenvalue weighted by atomic mass is 10.1. The second-order valence-corrected chi connectivity index (χ2v) is 8.29. The Balaban J connectivity index is 1.73. The fourth-order valence-corrected chi connectivity index (χ4v) is 4.25. The minimum atomic E-state index is -4.85. The molecule has 3 N–H and O–H groups in total. The van der Waals surface area contributed by atoms with Crippen LogP contribution in [-0.4, -0.2) is 22.8 Å². The van der Waals surface area contributed by atoms with Crippen molar-refractivity contribution in [2.45, 2.75) is 5.66 Å². The molecule has 1 aromatic heterocycles. The highest BCUT2D eigenvalue weighted by molar-refractivity contribution is 7.53. The van der Waals surface area contributed by atoms with Crippen LogP contribution < -0.4 is 10.1 Å². The van der Waals surface area contributed by atoms with Crippen LogP contribution in [0.3, 0.4) is 0 Å². The Kier molecular flexibility index (Phi) is 4.88. The molecule has 0 saturated carbocycles. The number of amides is 1. The van der Waals surface area contributed by atoms with Gasteiger partial charge in [0.05, 0.1) is 13.4 Å². The lowest BCUT2D eigenvalue weighted by Crippen LogP contribution is -2.21. The summed E-state index contributed by atoms with van der Waals surface area (Å²) in [6.07, 6.45) is 1.20. The van der Waals surface area contributed by atoms with E-state index in [1.54, 1.807) is 30.3 Å². The van der Waals surface area contributed by atoms with Crippen molar-refractivity contribution < 1.29 is 28.3 Å². The summed E-state index contributed by atoms with van der Waals surface area (Å²) >= 11 is 0. The number of furan rings is 1. The smallest absolute Gasteiger partial charge is 0.342 e. The van der Waals surface area contributed by atoms with E-state index in [0.29, 0.717) is 22.4 Å². The van der Waals surface area contributed by atoms with Crippen LogP contribution in [0.4, 0.5) is 5.69 Å². The maximum absolute atomic E-state index is 12.9. The molecule has 7 nitrogen and oxygen atoms in total. The van der Waals surface area contributed by atoms with E-state index in [2.05, 4.69) is 5.32 Å². The van der Waals surface area contributed by atoms with Crippen LogP contribution in [0.2, 0.25) is 0 Å². The summed E-state index contributed by atoms with van der Waals surface area (Å²) in [5.74, 6) is -0.335. The van der Waals surface area contributed by atoms with E-state index in [0.717, 1.165) is 10.8 Å². The molecule has 1 unspecified atom stereocenters. The Morgan fingerprint density at radius 3 is 2.55 bits per heavy atom. The summed E-state index contributed by atoms with van der Waals surface area (Å²) in [6, 6.07) is 17.7. The van der Waals surface area contributed by atoms with E-state index in [4.69, 9.17) is 9.15 Å². The summed E-state index contributed by atoms with van der Waals surface area (Å²) < 4.78 is 22.8. The van der Waals surface area contributed by atoms with Crippen molar-refractivity contribution in [2.24, 2.45) is 0 Å². The summed E-state index contributed by atoms with van der Waals surface area (Å²) in [5, 5.41) is 4.92. The summed E-state index contributed by atoms with van der Waals surface area (Å²) in [4.78, 5) is 32.8. The van der Waals surface area contributed by atoms with Gasteiger partial charge in [-0.3, -0.25) is 9.36 Å². The molecule has 29 heavy (non-hydrogen) atoms. The van der Waals surface area contributed by atoms with Crippen molar-refractivity contribution in [2.75, 3.05) is 12.4 Å². The fraction of sp³-hybridized carbons (Fsp3) is 0.0952. The SMILES string of the molecule is COc1ccc2occ(C(C(=O)Nc3ccc4ccccc4c3)P(=O)(O)O)c2c1. The van der Waals surface area contributed by atoms with Crippen LogP contribution in [0.1, 0.15) is 11.2 Å². The zero-order valence-corrected chi connectivity index (χ0v) is 16.3. The molecule has 0 aliphatic rings. The van der Waals surface area contributed by atoms with Gasteiger partial charge in [-0.05, 0) is 41.1 Å². The third-order valence-electron chi connectivity index (χ3n) is 4.71. The monoisotopic (exact) mass is 411 g/mol. The first-order chi connectivity index (χ1) is 13.9. The fourth-order valence-electron chi connectivity index (χ4n) is 3.32. The largest absolute Gasteiger partial charge is 0.497 e. The van der Waals surface area contributed by atoms with Crippen molar-refractivity contribution in [3.8, 4) is 5.75 Å². The van der Waals surface area contributed by atoms with Gasteiger partial charge in [-0.15, -0.1) is 0 Å². The lowest BCUT2D eigenvalue weighted by molar-refractivity contribution is -0.116. The zero-order chi connectivity index (χ0) is 20.6. The molecule has 4 rings (SSSR count). The van der Waals surface area contributed by atoms with Crippen LogP contribution in [-0.2, 0) is 9.36 Å².